The maximum Gasteiger partial charge on any atom is 0.104 e. The SMILES string of the molecule is CC1CCC[N+]1([O-])Cc1ccccc1. The van der Waals surface area contributed by atoms with Gasteiger partial charge in [0.1, 0.15) is 6.54 Å². The minimum atomic E-state index is -0.0238. The number of hydrogen-bond acceptors (Lipinski definition) is 1. The van der Waals surface area contributed by atoms with E-state index in [1.165, 1.54) is 0 Å². The molecule has 0 N–H and O–H groups in total. The van der Waals surface area contributed by atoms with Crippen LogP contribution < -0.4 is 0 Å². The summed E-state index contributed by atoms with van der Waals surface area (Å²) >= 11 is 0. The van der Waals surface area contributed by atoms with Crippen molar-refractivity contribution in [2.75, 3.05) is 6.54 Å². The highest BCUT2D eigenvalue weighted by atomic mass is 16.5. The van der Waals surface area contributed by atoms with Crippen LogP contribution in [0.15, 0.2) is 30.3 Å². The zero-order valence-corrected chi connectivity index (χ0v) is 8.65. The molecule has 0 saturated carbocycles. The van der Waals surface area contributed by atoms with Crippen molar-refractivity contribution in [3.8, 4) is 0 Å². The molecule has 0 spiro atoms. The number of rotatable bonds is 2. The number of hydrogen-bond donors (Lipinski definition) is 0. The summed E-state index contributed by atoms with van der Waals surface area (Å²) in [5.41, 5.74) is 1.16. The molecule has 2 heteroatoms. The summed E-state index contributed by atoms with van der Waals surface area (Å²) < 4.78 is -0.0238. The maximum atomic E-state index is 12.3. The molecule has 1 aromatic carbocycles. The first-order valence-electron chi connectivity index (χ1n) is 5.32. The van der Waals surface area contributed by atoms with Gasteiger partial charge >= 0.3 is 0 Å². The molecule has 1 saturated heterocycles. The van der Waals surface area contributed by atoms with Gasteiger partial charge in [-0.05, 0) is 6.92 Å². The quantitative estimate of drug-likeness (QED) is 0.520. The molecule has 1 aliphatic heterocycles. The second-order valence-electron chi connectivity index (χ2n) is 4.31. The number of benzene rings is 1. The van der Waals surface area contributed by atoms with Gasteiger partial charge in [0.2, 0.25) is 0 Å². The molecule has 1 aliphatic rings. The lowest BCUT2D eigenvalue weighted by Gasteiger charge is -2.43. The predicted octanol–water partition coefficient (Wildman–Crippen LogP) is 2.68. The first kappa shape index (κ1) is 9.69. The fourth-order valence-corrected chi connectivity index (χ4v) is 2.24. The number of nitrogens with zero attached hydrogens (tertiary/aromatic N) is 1. The maximum absolute atomic E-state index is 12.3. The molecular formula is C12H17NO. The minimum absolute atomic E-state index is 0.0238. The Morgan fingerprint density at radius 3 is 2.64 bits per heavy atom. The van der Waals surface area contributed by atoms with E-state index >= 15 is 0 Å². The van der Waals surface area contributed by atoms with Gasteiger partial charge in [0.15, 0.2) is 0 Å². The standard InChI is InChI=1S/C12H17NO/c1-11-6-5-9-13(11,14)10-12-7-3-2-4-8-12/h2-4,7-8,11H,5-6,9-10H2,1H3. The molecule has 2 nitrogen and oxygen atoms in total. The van der Waals surface area contributed by atoms with Crippen molar-refractivity contribution in [1.82, 2.24) is 0 Å². The largest absolute Gasteiger partial charge is 0.632 e. The van der Waals surface area contributed by atoms with Gasteiger partial charge in [0.05, 0.1) is 12.6 Å². The number of hydroxylamine groups is 3. The monoisotopic (exact) mass is 191 g/mol. The molecule has 14 heavy (non-hydrogen) atoms. The lowest BCUT2D eigenvalue weighted by Crippen LogP contribution is -2.43. The van der Waals surface area contributed by atoms with Crippen molar-refractivity contribution in [1.29, 1.82) is 0 Å². The van der Waals surface area contributed by atoms with Crippen LogP contribution in [-0.2, 0) is 6.54 Å². The van der Waals surface area contributed by atoms with Crippen molar-refractivity contribution in [2.24, 2.45) is 0 Å². The Morgan fingerprint density at radius 2 is 2.07 bits per heavy atom. The van der Waals surface area contributed by atoms with Crippen molar-refractivity contribution in [3.05, 3.63) is 41.1 Å². The number of likely N-dealkylation sites (tertiary alicyclic amines) is 1. The first-order valence-corrected chi connectivity index (χ1v) is 5.32. The van der Waals surface area contributed by atoms with Gasteiger partial charge in [-0.3, -0.25) is 0 Å². The van der Waals surface area contributed by atoms with E-state index in [0.29, 0.717) is 6.54 Å². The molecular weight excluding hydrogens is 174 g/mol. The highest BCUT2D eigenvalue weighted by Crippen LogP contribution is 2.27. The fraction of sp³-hybridized carbons (Fsp3) is 0.500. The molecule has 1 heterocycles. The van der Waals surface area contributed by atoms with Crippen LogP contribution in [0.3, 0.4) is 0 Å². The smallest absolute Gasteiger partial charge is 0.104 e. The molecule has 0 bridgehead atoms. The summed E-state index contributed by atoms with van der Waals surface area (Å²) in [5.74, 6) is 0. The molecule has 2 rings (SSSR count). The lowest BCUT2D eigenvalue weighted by molar-refractivity contribution is -0.903. The van der Waals surface area contributed by atoms with Crippen LogP contribution in [0.2, 0.25) is 0 Å². The van der Waals surface area contributed by atoms with Gasteiger partial charge in [-0.25, -0.2) is 0 Å². The third kappa shape index (κ3) is 1.81. The summed E-state index contributed by atoms with van der Waals surface area (Å²) in [6, 6.07) is 10.4. The Hall–Kier alpha value is -0.860. The van der Waals surface area contributed by atoms with Crippen molar-refractivity contribution >= 4 is 0 Å². The van der Waals surface area contributed by atoms with E-state index in [1.54, 1.807) is 0 Å². The van der Waals surface area contributed by atoms with Gasteiger partial charge in [0, 0.05) is 18.4 Å². The molecule has 2 atom stereocenters. The molecule has 1 aromatic rings. The summed E-state index contributed by atoms with van der Waals surface area (Å²) in [4.78, 5) is 0. The Bertz CT molecular complexity index is 298. The van der Waals surface area contributed by atoms with E-state index in [9.17, 15) is 5.21 Å². The second-order valence-corrected chi connectivity index (χ2v) is 4.31. The molecule has 0 amide bonds. The average Bonchev–Trinajstić information content (AvgIpc) is 2.48. The van der Waals surface area contributed by atoms with E-state index < -0.39 is 0 Å². The first-order chi connectivity index (χ1) is 6.71. The van der Waals surface area contributed by atoms with Crippen LogP contribution in [0.25, 0.3) is 0 Å². The third-order valence-electron chi connectivity index (χ3n) is 3.25. The normalized spacial score (nSPS) is 32.0. The molecule has 0 aliphatic carbocycles. The van der Waals surface area contributed by atoms with Crippen LogP contribution >= 0.6 is 0 Å². The van der Waals surface area contributed by atoms with Gasteiger partial charge in [0.25, 0.3) is 0 Å². The average molecular weight is 191 g/mol. The summed E-state index contributed by atoms with van der Waals surface area (Å²) in [6.45, 7) is 3.50. The molecule has 76 valence electrons. The van der Waals surface area contributed by atoms with Crippen LogP contribution in [0.4, 0.5) is 0 Å². The number of quaternary nitrogens is 1. The second kappa shape index (κ2) is 3.71. The molecule has 2 unspecified atom stereocenters. The highest BCUT2D eigenvalue weighted by Gasteiger charge is 2.30. The Labute approximate surface area is 85.3 Å². The van der Waals surface area contributed by atoms with Crippen LogP contribution in [0.5, 0.6) is 0 Å². The van der Waals surface area contributed by atoms with Gasteiger partial charge < -0.3 is 9.85 Å². The van der Waals surface area contributed by atoms with E-state index in [4.69, 9.17) is 0 Å². The molecule has 0 aromatic heterocycles. The van der Waals surface area contributed by atoms with E-state index in [1.807, 2.05) is 30.3 Å². The van der Waals surface area contributed by atoms with Crippen LogP contribution in [-0.4, -0.2) is 17.2 Å². The van der Waals surface area contributed by atoms with Crippen molar-refractivity contribution in [2.45, 2.75) is 32.4 Å². The van der Waals surface area contributed by atoms with E-state index in [2.05, 4.69) is 6.92 Å². The Morgan fingerprint density at radius 1 is 1.36 bits per heavy atom. The topological polar surface area (TPSA) is 23.1 Å². The Balaban J connectivity index is 2.10. The lowest BCUT2D eigenvalue weighted by atomic mass is 10.2. The van der Waals surface area contributed by atoms with Crippen molar-refractivity contribution < 1.29 is 4.65 Å². The fourth-order valence-electron chi connectivity index (χ4n) is 2.24. The van der Waals surface area contributed by atoms with Crippen LogP contribution in [0, 0.1) is 5.21 Å². The predicted molar refractivity (Wildman–Crippen MR) is 57.3 cm³/mol. The summed E-state index contributed by atoms with van der Waals surface area (Å²) in [7, 11) is 0. The third-order valence-corrected chi connectivity index (χ3v) is 3.25. The summed E-state index contributed by atoms with van der Waals surface area (Å²) in [5, 5.41) is 12.3. The van der Waals surface area contributed by atoms with Crippen LogP contribution in [0.1, 0.15) is 25.3 Å². The highest BCUT2D eigenvalue weighted by molar-refractivity contribution is 5.13. The van der Waals surface area contributed by atoms with Crippen molar-refractivity contribution in [3.63, 3.8) is 0 Å². The zero-order valence-electron chi connectivity index (χ0n) is 8.65. The summed E-state index contributed by atoms with van der Waals surface area (Å²) in [6.07, 6.45) is 2.16. The Kier molecular flexibility index (Phi) is 2.57. The molecule has 0 radical (unpaired) electrons. The van der Waals surface area contributed by atoms with Gasteiger partial charge in [-0.2, -0.15) is 0 Å². The van der Waals surface area contributed by atoms with Gasteiger partial charge in [-0.15, -0.1) is 0 Å². The van der Waals surface area contributed by atoms with Gasteiger partial charge in [-0.1, -0.05) is 30.3 Å². The van der Waals surface area contributed by atoms with E-state index in [-0.39, 0.29) is 10.7 Å². The molecule has 1 fully saturated rings. The zero-order chi connectivity index (χ0) is 10.0. The van der Waals surface area contributed by atoms with E-state index in [0.717, 1.165) is 24.9 Å². The minimum Gasteiger partial charge on any atom is -0.632 e.